The fourth-order valence-electron chi connectivity index (χ4n) is 2.38. The Morgan fingerprint density at radius 1 is 1.28 bits per heavy atom. The van der Waals surface area contributed by atoms with Gasteiger partial charge in [0, 0.05) is 31.9 Å². The third-order valence-corrected chi connectivity index (χ3v) is 3.56. The Bertz CT molecular complexity index is 419. The fraction of sp³-hybridized carbons (Fsp3) is 0.692. The molecule has 0 aliphatic carbocycles. The van der Waals surface area contributed by atoms with Crippen molar-refractivity contribution in [3.05, 3.63) is 17.5 Å². The standard InChI is InChI=1S/C13H22N4O/c1-4-15-5-7-16(8-6-15)13(18)10-17-12(3)9-11(2)14-17/h9H,4-8,10H2,1-3H3. The highest BCUT2D eigenvalue weighted by molar-refractivity contribution is 5.76. The Hall–Kier alpha value is -1.36. The van der Waals surface area contributed by atoms with Crippen LogP contribution in [0.5, 0.6) is 0 Å². The molecule has 1 aromatic rings. The number of carbonyl (C=O) groups is 1. The van der Waals surface area contributed by atoms with Gasteiger partial charge in [-0.15, -0.1) is 0 Å². The van der Waals surface area contributed by atoms with Gasteiger partial charge in [-0.3, -0.25) is 9.48 Å². The molecule has 1 saturated heterocycles. The normalized spacial score (nSPS) is 17.2. The second kappa shape index (κ2) is 5.52. The smallest absolute Gasteiger partial charge is 0.244 e. The lowest BCUT2D eigenvalue weighted by Gasteiger charge is -2.34. The molecule has 1 aliphatic heterocycles. The second-order valence-corrected chi connectivity index (χ2v) is 4.90. The van der Waals surface area contributed by atoms with Gasteiger partial charge in [-0.1, -0.05) is 6.92 Å². The highest BCUT2D eigenvalue weighted by Crippen LogP contribution is 2.05. The van der Waals surface area contributed by atoms with Crippen LogP contribution in [0, 0.1) is 13.8 Å². The predicted molar refractivity (Wildman–Crippen MR) is 70.4 cm³/mol. The summed E-state index contributed by atoms with van der Waals surface area (Å²) in [5.41, 5.74) is 2.02. The molecular formula is C13H22N4O. The van der Waals surface area contributed by atoms with Crippen LogP contribution in [0.3, 0.4) is 0 Å². The van der Waals surface area contributed by atoms with Gasteiger partial charge < -0.3 is 9.80 Å². The molecule has 18 heavy (non-hydrogen) atoms. The summed E-state index contributed by atoms with van der Waals surface area (Å²) in [6.07, 6.45) is 0. The zero-order chi connectivity index (χ0) is 13.1. The minimum atomic E-state index is 0.178. The van der Waals surface area contributed by atoms with Crippen molar-refractivity contribution in [1.29, 1.82) is 0 Å². The molecule has 0 bridgehead atoms. The highest BCUT2D eigenvalue weighted by atomic mass is 16.2. The molecule has 0 atom stereocenters. The minimum absolute atomic E-state index is 0.178. The molecule has 2 heterocycles. The Balaban J connectivity index is 1.91. The summed E-state index contributed by atoms with van der Waals surface area (Å²) < 4.78 is 1.80. The molecule has 1 aromatic heterocycles. The first-order chi connectivity index (χ1) is 8.60. The van der Waals surface area contributed by atoms with E-state index >= 15 is 0 Å². The summed E-state index contributed by atoms with van der Waals surface area (Å²) in [6.45, 7) is 11.2. The Labute approximate surface area is 108 Å². The maximum Gasteiger partial charge on any atom is 0.244 e. The van der Waals surface area contributed by atoms with Crippen LogP contribution < -0.4 is 0 Å². The highest BCUT2D eigenvalue weighted by Gasteiger charge is 2.20. The first kappa shape index (κ1) is 13.1. The summed E-state index contributed by atoms with van der Waals surface area (Å²) in [4.78, 5) is 16.5. The van der Waals surface area contributed by atoms with Crippen LogP contribution in [0.1, 0.15) is 18.3 Å². The van der Waals surface area contributed by atoms with Gasteiger partial charge in [0.15, 0.2) is 0 Å². The Kier molecular flexibility index (Phi) is 4.01. The molecule has 2 rings (SSSR count). The SMILES string of the molecule is CCN1CCN(C(=O)Cn2nc(C)cc2C)CC1. The molecule has 5 nitrogen and oxygen atoms in total. The topological polar surface area (TPSA) is 41.4 Å². The van der Waals surface area contributed by atoms with Crippen LogP contribution in [0.2, 0.25) is 0 Å². The predicted octanol–water partition coefficient (Wildman–Crippen LogP) is 0.664. The summed E-state index contributed by atoms with van der Waals surface area (Å²) in [6, 6.07) is 2.00. The van der Waals surface area contributed by atoms with Gasteiger partial charge in [0.05, 0.1) is 5.69 Å². The molecule has 0 radical (unpaired) electrons. The Morgan fingerprint density at radius 3 is 2.44 bits per heavy atom. The van der Waals surface area contributed by atoms with Crippen LogP contribution in [-0.2, 0) is 11.3 Å². The molecule has 1 aliphatic rings. The fourth-order valence-corrected chi connectivity index (χ4v) is 2.38. The number of carbonyl (C=O) groups excluding carboxylic acids is 1. The number of hydrogen-bond donors (Lipinski definition) is 0. The third-order valence-electron chi connectivity index (χ3n) is 3.56. The quantitative estimate of drug-likeness (QED) is 0.791. The monoisotopic (exact) mass is 250 g/mol. The van der Waals surface area contributed by atoms with Crippen molar-refractivity contribution in [2.75, 3.05) is 32.7 Å². The van der Waals surface area contributed by atoms with Gasteiger partial charge in [0.2, 0.25) is 5.91 Å². The lowest BCUT2D eigenvalue weighted by molar-refractivity contribution is -0.133. The number of hydrogen-bond acceptors (Lipinski definition) is 3. The van der Waals surface area contributed by atoms with Crippen LogP contribution in [0.15, 0.2) is 6.07 Å². The molecule has 1 amide bonds. The van der Waals surface area contributed by atoms with Gasteiger partial charge in [-0.05, 0) is 26.5 Å². The molecule has 0 saturated carbocycles. The number of rotatable bonds is 3. The van der Waals surface area contributed by atoms with E-state index in [1.54, 1.807) is 4.68 Å². The van der Waals surface area contributed by atoms with E-state index in [2.05, 4.69) is 16.9 Å². The molecule has 0 aromatic carbocycles. The van der Waals surface area contributed by atoms with Crippen molar-refractivity contribution in [3.63, 3.8) is 0 Å². The van der Waals surface area contributed by atoms with E-state index in [9.17, 15) is 4.79 Å². The van der Waals surface area contributed by atoms with Gasteiger partial charge in [0.25, 0.3) is 0 Å². The molecule has 5 heteroatoms. The second-order valence-electron chi connectivity index (χ2n) is 4.90. The molecule has 0 spiro atoms. The van der Waals surface area contributed by atoms with E-state index in [0.29, 0.717) is 6.54 Å². The van der Waals surface area contributed by atoms with E-state index in [1.807, 2.05) is 24.8 Å². The van der Waals surface area contributed by atoms with E-state index in [-0.39, 0.29) is 5.91 Å². The van der Waals surface area contributed by atoms with E-state index in [4.69, 9.17) is 0 Å². The number of aromatic nitrogens is 2. The van der Waals surface area contributed by atoms with Crippen molar-refractivity contribution in [3.8, 4) is 0 Å². The van der Waals surface area contributed by atoms with Crippen LogP contribution in [0.4, 0.5) is 0 Å². The van der Waals surface area contributed by atoms with Crippen LogP contribution >= 0.6 is 0 Å². The van der Waals surface area contributed by atoms with Crippen LogP contribution in [0.25, 0.3) is 0 Å². The maximum absolute atomic E-state index is 12.2. The summed E-state index contributed by atoms with van der Waals surface area (Å²) in [5.74, 6) is 0.178. The average molecular weight is 250 g/mol. The zero-order valence-electron chi connectivity index (χ0n) is 11.5. The minimum Gasteiger partial charge on any atom is -0.339 e. The van der Waals surface area contributed by atoms with Gasteiger partial charge in [0.1, 0.15) is 6.54 Å². The number of nitrogens with zero attached hydrogens (tertiary/aromatic N) is 4. The summed E-state index contributed by atoms with van der Waals surface area (Å²) in [5, 5.41) is 4.33. The zero-order valence-corrected chi connectivity index (χ0v) is 11.5. The molecule has 0 N–H and O–H groups in total. The molecular weight excluding hydrogens is 228 g/mol. The van der Waals surface area contributed by atoms with Gasteiger partial charge in [-0.25, -0.2) is 0 Å². The number of aryl methyl sites for hydroxylation is 2. The maximum atomic E-state index is 12.2. The van der Waals surface area contributed by atoms with Crippen molar-refractivity contribution < 1.29 is 4.79 Å². The van der Waals surface area contributed by atoms with E-state index < -0.39 is 0 Å². The molecule has 0 unspecified atom stereocenters. The molecule has 100 valence electrons. The first-order valence-corrected chi connectivity index (χ1v) is 6.61. The van der Waals surface area contributed by atoms with Gasteiger partial charge >= 0.3 is 0 Å². The first-order valence-electron chi connectivity index (χ1n) is 6.61. The van der Waals surface area contributed by atoms with E-state index in [1.165, 1.54) is 0 Å². The van der Waals surface area contributed by atoms with Crippen molar-refractivity contribution in [2.24, 2.45) is 0 Å². The number of amides is 1. The van der Waals surface area contributed by atoms with Crippen LogP contribution in [-0.4, -0.2) is 58.2 Å². The van der Waals surface area contributed by atoms with E-state index in [0.717, 1.165) is 44.1 Å². The lowest BCUT2D eigenvalue weighted by Crippen LogP contribution is -2.49. The Morgan fingerprint density at radius 2 is 1.94 bits per heavy atom. The van der Waals surface area contributed by atoms with Crippen molar-refractivity contribution >= 4 is 5.91 Å². The molecule has 1 fully saturated rings. The lowest BCUT2D eigenvalue weighted by atomic mass is 10.3. The average Bonchev–Trinajstić information content (AvgIpc) is 2.68. The van der Waals surface area contributed by atoms with Gasteiger partial charge in [-0.2, -0.15) is 5.10 Å². The van der Waals surface area contributed by atoms with Crippen molar-refractivity contribution in [2.45, 2.75) is 27.3 Å². The number of likely N-dealkylation sites (N-methyl/N-ethyl adjacent to an activating group) is 1. The largest absolute Gasteiger partial charge is 0.339 e. The third kappa shape index (κ3) is 2.90. The van der Waals surface area contributed by atoms with Crippen molar-refractivity contribution in [1.82, 2.24) is 19.6 Å². The summed E-state index contributed by atoms with van der Waals surface area (Å²) in [7, 11) is 0. The summed E-state index contributed by atoms with van der Waals surface area (Å²) >= 11 is 0. The number of piperazine rings is 1.